The zero-order valence-corrected chi connectivity index (χ0v) is 7.51. The third-order valence-electron chi connectivity index (χ3n) is 1.38. The molecule has 0 bridgehead atoms. The molecule has 0 aromatic carbocycles. The van der Waals surface area contributed by atoms with Crippen LogP contribution in [-0.4, -0.2) is 11.8 Å². The van der Waals surface area contributed by atoms with Gasteiger partial charge < -0.3 is 6.15 Å². The topological polar surface area (TPSA) is 145 Å². The second kappa shape index (κ2) is 8.91. The van der Waals surface area contributed by atoms with Crippen LogP contribution in [-0.2, 0) is 9.59 Å². The van der Waals surface area contributed by atoms with Crippen LogP contribution < -0.4 is 28.7 Å². The first-order valence-electron chi connectivity index (χ1n) is 3.69. The van der Waals surface area contributed by atoms with E-state index < -0.39 is 0 Å². The van der Waals surface area contributed by atoms with Crippen molar-refractivity contribution in [3.05, 3.63) is 0 Å². The summed E-state index contributed by atoms with van der Waals surface area (Å²) in [6, 6.07) is 0. The first-order valence-corrected chi connectivity index (χ1v) is 3.69. The van der Waals surface area contributed by atoms with Gasteiger partial charge in [-0.25, -0.2) is 11.7 Å². The summed E-state index contributed by atoms with van der Waals surface area (Å²) in [5.41, 5.74) is 4.01. The van der Waals surface area contributed by atoms with Gasteiger partial charge in [-0.2, -0.15) is 0 Å². The minimum atomic E-state index is -0.219. The number of hydrogen-bond donors (Lipinski definition) is 5. The molecule has 0 rings (SSSR count). The summed E-state index contributed by atoms with van der Waals surface area (Å²) in [6.07, 6.45) is 1.95. The van der Waals surface area contributed by atoms with Crippen molar-refractivity contribution in [3.8, 4) is 0 Å². The minimum absolute atomic E-state index is 0. The lowest BCUT2D eigenvalue weighted by atomic mass is 10.2. The number of carbonyl (C=O) groups excluding carboxylic acids is 2. The lowest BCUT2D eigenvalue weighted by Crippen LogP contribution is -2.30. The summed E-state index contributed by atoms with van der Waals surface area (Å²) in [6.45, 7) is 0. The Kier molecular flexibility index (Phi) is 9.84. The Morgan fingerprint density at radius 3 is 1.46 bits per heavy atom. The number of nitrogens with one attached hydrogen (secondary N) is 2. The molecule has 0 saturated carbocycles. The summed E-state index contributed by atoms with van der Waals surface area (Å²) in [5.74, 6) is 9.24. The highest BCUT2D eigenvalue weighted by Gasteiger charge is 2.00. The Labute approximate surface area is 76.7 Å². The van der Waals surface area contributed by atoms with Crippen molar-refractivity contribution in [2.24, 2.45) is 11.7 Å². The van der Waals surface area contributed by atoms with Crippen molar-refractivity contribution in [2.75, 3.05) is 0 Å². The van der Waals surface area contributed by atoms with Gasteiger partial charge in [-0.05, 0) is 12.8 Å². The SMILES string of the molecule is N.NNC(=O)CCCCC(=O)NN. The molecule has 2 amide bonds. The number of unbranched alkanes of at least 4 members (excludes halogenated alkanes) is 1. The van der Waals surface area contributed by atoms with Crippen LogP contribution in [0.3, 0.4) is 0 Å². The Morgan fingerprint density at radius 1 is 0.923 bits per heavy atom. The maximum absolute atomic E-state index is 10.6. The number of hydrazine groups is 2. The molecule has 9 N–H and O–H groups in total. The highest BCUT2D eigenvalue weighted by molar-refractivity contribution is 5.76. The average molecular weight is 191 g/mol. The van der Waals surface area contributed by atoms with E-state index in [0.29, 0.717) is 25.7 Å². The van der Waals surface area contributed by atoms with Crippen LogP contribution in [0.2, 0.25) is 0 Å². The molecule has 0 heterocycles. The predicted molar refractivity (Wildman–Crippen MR) is 48.2 cm³/mol. The number of amides is 2. The molecule has 0 aliphatic rings. The predicted octanol–water partition coefficient (Wildman–Crippen LogP) is -1.31. The van der Waals surface area contributed by atoms with E-state index in [1.54, 1.807) is 0 Å². The fraction of sp³-hybridized carbons (Fsp3) is 0.667. The second-order valence-corrected chi connectivity index (χ2v) is 2.34. The van der Waals surface area contributed by atoms with Gasteiger partial charge in [0.2, 0.25) is 11.8 Å². The van der Waals surface area contributed by atoms with Crippen LogP contribution in [0.4, 0.5) is 0 Å². The third-order valence-corrected chi connectivity index (χ3v) is 1.38. The lowest BCUT2D eigenvalue weighted by Gasteiger charge is -1.99. The van der Waals surface area contributed by atoms with Crippen LogP contribution in [0, 0.1) is 0 Å². The van der Waals surface area contributed by atoms with Crippen molar-refractivity contribution in [2.45, 2.75) is 25.7 Å². The van der Waals surface area contributed by atoms with Crippen LogP contribution in [0.25, 0.3) is 0 Å². The van der Waals surface area contributed by atoms with Crippen molar-refractivity contribution in [1.29, 1.82) is 0 Å². The minimum Gasteiger partial charge on any atom is -0.344 e. The van der Waals surface area contributed by atoms with Crippen molar-refractivity contribution < 1.29 is 9.59 Å². The van der Waals surface area contributed by atoms with E-state index in [4.69, 9.17) is 11.7 Å². The van der Waals surface area contributed by atoms with Gasteiger partial charge in [-0.1, -0.05) is 0 Å². The Balaban J connectivity index is 0. The average Bonchev–Trinajstić information content (AvgIpc) is 2.11. The van der Waals surface area contributed by atoms with E-state index in [1.165, 1.54) is 0 Å². The fourth-order valence-electron chi connectivity index (χ4n) is 0.715. The van der Waals surface area contributed by atoms with Crippen LogP contribution in [0.5, 0.6) is 0 Å². The van der Waals surface area contributed by atoms with Crippen molar-refractivity contribution in [1.82, 2.24) is 17.0 Å². The maximum Gasteiger partial charge on any atom is 0.233 e. The summed E-state index contributed by atoms with van der Waals surface area (Å²) in [5, 5.41) is 0. The molecule has 0 fully saturated rings. The molecule has 0 aliphatic carbocycles. The van der Waals surface area contributed by atoms with Crippen molar-refractivity contribution in [3.63, 3.8) is 0 Å². The normalized spacial score (nSPS) is 8.46. The maximum atomic E-state index is 10.6. The Morgan fingerprint density at radius 2 is 1.23 bits per heavy atom. The van der Waals surface area contributed by atoms with Crippen LogP contribution in [0.1, 0.15) is 25.7 Å². The zero-order valence-electron chi connectivity index (χ0n) is 7.51. The van der Waals surface area contributed by atoms with Crippen molar-refractivity contribution >= 4 is 11.8 Å². The van der Waals surface area contributed by atoms with Gasteiger partial charge in [0.25, 0.3) is 0 Å². The first-order chi connectivity index (χ1) is 5.70. The first kappa shape index (κ1) is 14.3. The van der Waals surface area contributed by atoms with E-state index >= 15 is 0 Å². The van der Waals surface area contributed by atoms with Gasteiger partial charge in [0.15, 0.2) is 0 Å². The summed E-state index contributed by atoms with van der Waals surface area (Å²) in [7, 11) is 0. The molecule has 0 unspecified atom stereocenters. The standard InChI is InChI=1S/C6H14N4O2.H3N/c7-9-5(11)3-1-2-4-6(12)10-8;/h1-4,7-8H2,(H,9,11)(H,10,12);1H3. The molecule has 0 spiro atoms. The Hall–Kier alpha value is -1.18. The van der Waals surface area contributed by atoms with E-state index in [-0.39, 0.29) is 18.0 Å². The molecule has 7 nitrogen and oxygen atoms in total. The number of nitrogens with two attached hydrogens (primary N) is 2. The summed E-state index contributed by atoms with van der Waals surface area (Å²) >= 11 is 0. The molecule has 13 heavy (non-hydrogen) atoms. The lowest BCUT2D eigenvalue weighted by molar-refractivity contribution is -0.123. The van der Waals surface area contributed by atoms with Crippen LogP contribution >= 0.6 is 0 Å². The summed E-state index contributed by atoms with van der Waals surface area (Å²) < 4.78 is 0. The van der Waals surface area contributed by atoms with Gasteiger partial charge in [0.1, 0.15) is 0 Å². The number of carbonyl (C=O) groups is 2. The largest absolute Gasteiger partial charge is 0.344 e. The van der Waals surface area contributed by atoms with Gasteiger partial charge in [-0.15, -0.1) is 0 Å². The van der Waals surface area contributed by atoms with E-state index in [0.717, 1.165) is 0 Å². The molecular formula is C6H17N5O2. The third kappa shape index (κ3) is 8.73. The number of hydrogen-bond acceptors (Lipinski definition) is 5. The summed E-state index contributed by atoms with van der Waals surface area (Å²) in [4.78, 5) is 21.1. The molecule has 78 valence electrons. The fourth-order valence-corrected chi connectivity index (χ4v) is 0.715. The molecule has 0 aromatic rings. The molecule has 0 aliphatic heterocycles. The smallest absolute Gasteiger partial charge is 0.233 e. The molecule has 0 saturated heterocycles. The monoisotopic (exact) mass is 191 g/mol. The quantitative estimate of drug-likeness (QED) is 0.158. The van der Waals surface area contributed by atoms with E-state index in [2.05, 4.69) is 0 Å². The second-order valence-electron chi connectivity index (χ2n) is 2.34. The van der Waals surface area contributed by atoms with E-state index in [9.17, 15) is 9.59 Å². The highest BCUT2D eigenvalue weighted by Crippen LogP contribution is 1.98. The Bertz CT molecular complexity index is 143. The van der Waals surface area contributed by atoms with Gasteiger partial charge in [0, 0.05) is 12.8 Å². The molecule has 0 atom stereocenters. The zero-order chi connectivity index (χ0) is 9.40. The molecule has 7 heteroatoms. The molecule has 0 radical (unpaired) electrons. The van der Waals surface area contributed by atoms with Gasteiger partial charge >= 0.3 is 0 Å². The highest BCUT2D eigenvalue weighted by atomic mass is 16.2. The number of rotatable bonds is 5. The molecular weight excluding hydrogens is 174 g/mol. The van der Waals surface area contributed by atoms with E-state index in [1.807, 2.05) is 10.9 Å². The van der Waals surface area contributed by atoms with Gasteiger partial charge in [0.05, 0.1) is 0 Å². The van der Waals surface area contributed by atoms with Gasteiger partial charge in [-0.3, -0.25) is 20.4 Å². The molecule has 0 aromatic heterocycles. The van der Waals surface area contributed by atoms with Crippen LogP contribution in [0.15, 0.2) is 0 Å².